The lowest BCUT2D eigenvalue weighted by Gasteiger charge is -2.32. The highest BCUT2D eigenvalue weighted by atomic mass is 19.1. The fraction of sp³-hybridized carbons (Fsp3) is 0.400. The van der Waals surface area contributed by atoms with Gasteiger partial charge in [-0.1, -0.05) is 6.07 Å². The summed E-state index contributed by atoms with van der Waals surface area (Å²) in [5.74, 6) is 1.50. The maximum Gasteiger partial charge on any atom is 0.165 e. The van der Waals surface area contributed by atoms with Gasteiger partial charge in [0.05, 0.1) is 13.3 Å². The predicted molar refractivity (Wildman–Crippen MR) is 75.7 cm³/mol. The third-order valence-corrected chi connectivity index (χ3v) is 3.97. The van der Waals surface area contributed by atoms with Gasteiger partial charge in [0.25, 0.3) is 0 Å². The molecule has 1 aromatic carbocycles. The number of nitrogens with one attached hydrogen (secondary N) is 1. The molecule has 0 unspecified atom stereocenters. The number of methoxy groups -OCH3 is 1. The van der Waals surface area contributed by atoms with Crippen molar-refractivity contribution in [3.05, 3.63) is 41.8 Å². The second-order valence-corrected chi connectivity index (χ2v) is 5.10. The molecule has 1 N–H and O–H groups in total. The van der Waals surface area contributed by atoms with E-state index in [4.69, 9.17) is 4.74 Å². The second kappa shape index (κ2) is 5.53. The summed E-state index contributed by atoms with van der Waals surface area (Å²) in [6, 6.07) is 7.27. The lowest BCUT2D eigenvalue weighted by Crippen LogP contribution is -2.33. The largest absolute Gasteiger partial charge is 0.494 e. The number of halogens is 1. The maximum atomic E-state index is 13.8. The van der Waals surface area contributed by atoms with Crippen LogP contribution < -0.4 is 9.64 Å². The van der Waals surface area contributed by atoms with Gasteiger partial charge >= 0.3 is 0 Å². The van der Waals surface area contributed by atoms with E-state index in [1.165, 1.54) is 7.11 Å². The van der Waals surface area contributed by atoms with Crippen molar-refractivity contribution in [2.45, 2.75) is 18.8 Å². The van der Waals surface area contributed by atoms with Gasteiger partial charge in [0.2, 0.25) is 0 Å². The summed E-state index contributed by atoms with van der Waals surface area (Å²) in [7, 11) is 1.49. The van der Waals surface area contributed by atoms with Gasteiger partial charge in [-0.25, -0.2) is 4.39 Å². The van der Waals surface area contributed by atoms with Crippen molar-refractivity contribution >= 4 is 5.82 Å². The summed E-state index contributed by atoms with van der Waals surface area (Å²) in [5.41, 5.74) is 1.06. The van der Waals surface area contributed by atoms with Gasteiger partial charge in [-0.3, -0.25) is 5.10 Å². The van der Waals surface area contributed by atoms with E-state index in [1.54, 1.807) is 18.3 Å². The summed E-state index contributed by atoms with van der Waals surface area (Å²) in [5, 5.41) is 6.96. The third-order valence-electron chi connectivity index (χ3n) is 3.97. The van der Waals surface area contributed by atoms with Crippen molar-refractivity contribution in [3.63, 3.8) is 0 Å². The van der Waals surface area contributed by atoms with Gasteiger partial charge in [0.15, 0.2) is 11.6 Å². The number of ether oxygens (including phenoxy) is 1. The Kier molecular flexibility index (Phi) is 3.58. The number of hydrogen-bond acceptors (Lipinski definition) is 3. The van der Waals surface area contributed by atoms with E-state index in [1.807, 2.05) is 12.1 Å². The first-order valence-electron chi connectivity index (χ1n) is 6.85. The van der Waals surface area contributed by atoms with Crippen LogP contribution in [0, 0.1) is 5.82 Å². The fourth-order valence-corrected chi connectivity index (χ4v) is 2.81. The third kappa shape index (κ3) is 2.48. The number of H-pyrrole nitrogens is 1. The van der Waals surface area contributed by atoms with Crippen molar-refractivity contribution in [1.82, 2.24) is 10.2 Å². The highest BCUT2D eigenvalue weighted by molar-refractivity contribution is 5.38. The minimum atomic E-state index is -0.277. The van der Waals surface area contributed by atoms with Gasteiger partial charge in [0, 0.05) is 19.2 Å². The first kappa shape index (κ1) is 13.0. The molecule has 2 aromatic rings. The van der Waals surface area contributed by atoms with E-state index < -0.39 is 0 Å². The molecule has 1 saturated heterocycles. The molecule has 5 heteroatoms. The molecule has 1 fully saturated rings. The Bertz CT molecular complexity index is 563. The molecule has 2 heterocycles. The first-order chi connectivity index (χ1) is 9.78. The van der Waals surface area contributed by atoms with Gasteiger partial charge in [-0.15, -0.1) is 0 Å². The summed E-state index contributed by atoms with van der Waals surface area (Å²) < 4.78 is 18.7. The topological polar surface area (TPSA) is 41.1 Å². The number of nitrogens with zero attached hydrogens (tertiary/aromatic N) is 2. The molecule has 0 saturated carbocycles. The van der Waals surface area contributed by atoms with Crippen LogP contribution in [-0.2, 0) is 0 Å². The van der Waals surface area contributed by atoms with Gasteiger partial charge in [-0.2, -0.15) is 5.10 Å². The molecular formula is C15H18FN3O. The summed E-state index contributed by atoms with van der Waals surface area (Å²) >= 11 is 0. The van der Waals surface area contributed by atoms with Crippen molar-refractivity contribution < 1.29 is 9.13 Å². The smallest absolute Gasteiger partial charge is 0.165 e. The van der Waals surface area contributed by atoms with E-state index >= 15 is 0 Å². The Morgan fingerprint density at radius 2 is 2.10 bits per heavy atom. The number of anilines is 1. The zero-order chi connectivity index (χ0) is 13.9. The number of rotatable bonds is 3. The van der Waals surface area contributed by atoms with Crippen LogP contribution in [0.3, 0.4) is 0 Å². The van der Waals surface area contributed by atoms with Crippen LogP contribution in [-0.4, -0.2) is 30.4 Å². The molecule has 1 aromatic heterocycles. The number of hydrogen-bond donors (Lipinski definition) is 1. The summed E-state index contributed by atoms with van der Waals surface area (Å²) in [6.45, 7) is 1.92. The highest BCUT2D eigenvalue weighted by Gasteiger charge is 2.22. The Morgan fingerprint density at radius 3 is 2.70 bits per heavy atom. The molecule has 0 bridgehead atoms. The SMILES string of the molecule is COc1ccc(C2CCN(c3ccn[nH]3)CC2)cc1F. The van der Waals surface area contributed by atoms with E-state index in [2.05, 4.69) is 15.1 Å². The Labute approximate surface area is 117 Å². The minimum absolute atomic E-state index is 0.277. The quantitative estimate of drug-likeness (QED) is 0.936. The molecule has 3 rings (SSSR count). The molecule has 4 nitrogen and oxygen atoms in total. The summed E-state index contributed by atoms with van der Waals surface area (Å²) in [4.78, 5) is 2.28. The molecule has 0 radical (unpaired) electrons. The van der Waals surface area contributed by atoms with Crippen molar-refractivity contribution in [2.24, 2.45) is 0 Å². The van der Waals surface area contributed by atoms with Crippen LogP contribution in [0.15, 0.2) is 30.5 Å². The van der Waals surface area contributed by atoms with E-state index in [0.717, 1.165) is 37.3 Å². The summed E-state index contributed by atoms with van der Waals surface area (Å²) in [6.07, 6.45) is 3.80. The van der Waals surface area contributed by atoms with Crippen LogP contribution in [0.5, 0.6) is 5.75 Å². The minimum Gasteiger partial charge on any atom is -0.494 e. The van der Waals surface area contributed by atoms with Crippen LogP contribution >= 0.6 is 0 Å². The zero-order valence-corrected chi connectivity index (χ0v) is 11.5. The zero-order valence-electron chi connectivity index (χ0n) is 11.5. The highest BCUT2D eigenvalue weighted by Crippen LogP contribution is 2.31. The van der Waals surface area contributed by atoms with Crippen molar-refractivity contribution in [1.29, 1.82) is 0 Å². The molecule has 0 spiro atoms. The van der Waals surface area contributed by atoms with Gasteiger partial charge in [0.1, 0.15) is 5.82 Å². The number of aromatic amines is 1. The maximum absolute atomic E-state index is 13.8. The average Bonchev–Trinajstić information content (AvgIpc) is 3.01. The van der Waals surface area contributed by atoms with Crippen molar-refractivity contribution in [3.8, 4) is 5.75 Å². The first-order valence-corrected chi connectivity index (χ1v) is 6.85. The van der Waals surface area contributed by atoms with E-state index in [0.29, 0.717) is 11.7 Å². The Morgan fingerprint density at radius 1 is 1.30 bits per heavy atom. The molecule has 0 atom stereocenters. The monoisotopic (exact) mass is 275 g/mol. The molecule has 20 heavy (non-hydrogen) atoms. The number of aromatic nitrogens is 2. The predicted octanol–water partition coefficient (Wildman–Crippen LogP) is 2.94. The molecule has 0 amide bonds. The molecule has 1 aliphatic rings. The Balaban J connectivity index is 1.67. The normalized spacial score (nSPS) is 16.4. The van der Waals surface area contributed by atoms with Crippen LogP contribution in [0.1, 0.15) is 24.3 Å². The molecule has 106 valence electrons. The van der Waals surface area contributed by atoms with Gasteiger partial charge in [-0.05, 0) is 36.5 Å². The lowest BCUT2D eigenvalue weighted by molar-refractivity contribution is 0.385. The fourth-order valence-electron chi connectivity index (χ4n) is 2.81. The van der Waals surface area contributed by atoms with Crippen LogP contribution in [0.2, 0.25) is 0 Å². The Hall–Kier alpha value is -2.04. The van der Waals surface area contributed by atoms with E-state index in [-0.39, 0.29) is 5.82 Å². The molecular weight excluding hydrogens is 257 g/mol. The number of benzene rings is 1. The van der Waals surface area contributed by atoms with Crippen molar-refractivity contribution in [2.75, 3.05) is 25.1 Å². The lowest BCUT2D eigenvalue weighted by atomic mass is 9.89. The number of piperidine rings is 1. The van der Waals surface area contributed by atoms with Crippen LogP contribution in [0.25, 0.3) is 0 Å². The molecule has 1 aliphatic heterocycles. The standard InChI is InChI=1S/C15H18FN3O/c1-20-14-3-2-12(10-13(14)16)11-5-8-19(9-6-11)15-4-7-17-18-15/h2-4,7,10-11H,5-6,8-9H2,1H3,(H,17,18). The van der Waals surface area contributed by atoms with Gasteiger partial charge < -0.3 is 9.64 Å². The second-order valence-electron chi connectivity index (χ2n) is 5.10. The van der Waals surface area contributed by atoms with Crippen LogP contribution in [0.4, 0.5) is 10.2 Å². The van der Waals surface area contributed by atoms with E-state index in [9.17, 15) is 4.39 Å². The molecule has 0 aliphatic carbocycles. The average molecular weight is 275 g/mol.